The van der Waals surface area contributed by atoms with Gasteiger partial charge in [0.1, 0.15) is 0 Å². The molecule has 0 bridgehead atoms. The van der Waals surface area contributed by atoms with Gasteiger partial charge < -0.3 is 5.11 Å². The largest absolute Gasteiger partial charge is 0.389 e. The highest BCUT2D eigenvalue weighted by Gasteiger charge is 2.09. The lowest BCUT2D eigenvalue weighted by atomic mass is 10.1. The molecule has 2 aromatic carbocycles. The zero-order valence-corrected chi connectivity index (χ0v) is 12.5. The molecule has 0 spiro atoms. The standard InChI is InChI=1S/C15H15BrOS/c1-11(17)14-8-7-13(16)9-15(14)18-10-12-5-3-2-4-6-12/h2-9,11,17H,10H2,1H3. The van der Waals surface area contributed by atoms with Gasteiger partial charge in [0.15, 0.2) is 0 Å². The minimum absolute atomic E-state index is 0.434. The summed E-state index contributed by atoms with van der Waals surface area (Å²) in [5.41, 5.74) is 2.28. The Hall–Kier alpha value is -0.770. The molecule has 2 rings (SSSR count). The molecular formula is C15H15BrOS. The van der Waals surface area contributed by atoms with Crippen molar-refractivity contribution in [2.24, 2.45) is 0 Å². The van der Waals surface area contributed by atoms with E-state index in [1.54, 1.807) is 18.7 Å². The number of hydrogen-bond donors (Lipinski definition) is 1. The van der Waals surface area contributed by atoms with Crippen LogP contribution in [0.4, 0.5) is 0 Å². The predicted molar refractivity (Wildman–Crippen MR) is 80.8 cm³/mol. The van der Waals surface area contributed by atoms with E-state index in [9.17, 15) is 5.11 Å². The Labute approximate surface area is 120 Å². The summed E-state index contributed by atoms with van der Waals surface area (Å²) in [6.07, 6.45) is -0.434. The summed E-state index contributed by atoms with van der Waals surface area (Å²) in [6, 6.07) is 16.4. The van der Waals surface area contributed by atoms with Crippen molar-refractivity contribution in [1.29, 1.82) is 0 Å². The van der Waals surface area contributed by atoms with E-state index in [0.29, 0.717) is 0 Å². The Bertz CT molecular complexity index is 511. The molecule has 0 saturated carbocycles. The highest BCUT2D eigenvalue weighted by Crippen LogP contribution is 2.32. The number of rotatable bonds is 4. The first-order valence-corrected chi connectivity index (χ1v) is 7.59. The highest BCUT2D eigenvalue weighted by atomic mass is 79.9. The fourth-order valence-electron chi connectivity index (χ4n) is 1.71. The Morgan fingerprint density at radius 1 is 1.17 bits per heavy atom. The molecule has 1 atom stereocenters. The van der Waals surface area contributed by atoms with Crippen LogP contribution in [0, 0.1) is 0 Å². The summed E-state index contributed by atoms with van der Waals surface area (Å²) in [7, 11) is 0. The van der Waals surface area contributed by atoms with Gasteiger partial charge in [-0.2, -0.15) is 0 Å². The minimum atomic E-state index is -0.434. The van der Waals surface area contributed by atoms with Crippen LogP contribution in [-0.2, 0) is 5.75 Å². The van der Waals surface area contributed by atoms with E-state index in [2.05, 4.69) is 34.1 Å². The molecule has 0 aromatic heterocycles. The van der Waals surface area contributed by atoms with Crippen LogP contribution in [0.2, 0.25) is 0 Å². The van der Waals surface area contributed by atoms with Crippen molar-refractivity contribution in [1.82, 2.24) is 0 Å². The predicted octanol–water partition coefficient (Wildman–Crippen LogP) is 4.79. The average molecular weight is 323 g/mol. The normalized spacial score (nSPS) is 12.4. The molecule has 1 N–H and O–H groups in total. The molecule has 94 valence electrons. The van der Waals surface area contributed by atoms with E-state index in [1.165, 1.54) is 5.56 Å². The summed E-state index contributed by atoms with van der Waals surface area (Å²) in [5, 5.41) is 9.76. The summed E-state index contributed by atoms with van der Waals surface area (Å²) >= 11 is 5.23. The number of benzene rings is 2. The molecule has 0 saturated heterocycles. The zero-order chi connectivity index (χ0) is 13.0. The Morgan fingerprint density at radius 2 is 1.89 bits per heavy atom. The summed E-state index contributed by atoms with van der Waals surface area (Å²) in [6.45, 7) is 1.80. The van der Waals surface area contributed by atoms with Crippen LogP contribution in [0.1, 0.15) is 24.2 Å². The van der Waals surface area contributed by atoms with Crippen molar-refractivity contribution in [2.75, 3.05) is 0 Å². The van der Waals surface area contributed by atoms with E-state index in [1.807, 2.05) is 30.3 Å². The molecule has 0 aliphatic carbocycles. The fraction of sp³-hybridized carbons (Fsp3) is 0.200. The first-order valence-electron chi connectivity index (χ1n) is 5.81. The molecule has 3 heteroatoms. The van der Waals surface area contributed by atoms with Crippen LogP contribution in [0.15, 0.2) is 57.9 Å². The quantitative estimate of drug-likeness (QED) is 0.816. The smallest absolute Gasteiger partial charge is 0.0772 e. The summed E-state index contributed by atoms with van der Waals surface area (Å²) < 4.78 is 1.04. The van der Waals surface area contributed by atoms with Crippen molar-refractivity contribution < 1.29 is 5.11 Å². The van der Waals surface area contributed by atoms with Crippen molar-refractivity contribution in [3.63, 3.8) is 0 Å². The fourth-order valence-corrected chi connectivity index (χ4v) is 3.36. The van der Waals surface area contributed by atoms with E-state index in [4.69, 9.17) is 0 Å². The molecule has 1 unspecified atom stereocenters. The Morgan fingerprint density at radius 3 is 2.56 bits per heavy atom. The molecule has 0 amide bonds. The first-order chi connectivity index (χ1) is 8.66. The third kappa shape index (κ3) is 3.61. The van der Waals surface area contributed by atoms with Crippen LogP contribution >= 0.6 is 27.7 Å². The molecule has 2 aromatic rings. The molecule has 0 radical (unpaired) electrons. The second kappa shape index (κ2) is 6.41. The average Bonchev–Trinajstić information content (AvgIpc) is 2.37. The maximum atomic E-state index is 9.76. The second-order valence-electron chi connectivity index (χ2n) is 4.13. The zero-order valence-electron chi connectivity index (χ0n) is 10.1. The van der Waals surface area contributed by atoms with E-state index in [0.717, 1.165) is 20.7 Å². The van der Waals surface area contributed by atoms with Crippen LogP contribution in [0.25, 0.3) is 0 Å². The van der Waals surface area contributed by atoms with E-state index in [-0.39, 0.29) is 0 Å². The van der Waals surface area contributed by atoms with Gasteiger partial charge in [-0.1, -0.05) is 52.3 Å². The van der Waals surface area contributed by atoms with Crippen LogP contribution < -0.4 is 0 Å². The van der Waals surface area contributed by atoms with Crippen LogP contribution in [-0.4, -0.2) is 5.11 Å². The lowest BCUT2D eigenvalue weighted by Crippen LogP contribution is -1.94. The SMILES string of the molecule is CC(O)c1ccc(Br)cc1SCc1ccccc1. The van der Waals surface area contributed by atoms with Crippen LogP contribution in [0.5, 0.6) is 0 Å². The Balaban J connectivity index is 2.15. The Kier molecular flexibility index (Phi) is 4.87. The summed E-state index contributed by atoms with van der Waals surface area (Å²) in [4.78, 5) is 1.13. The van der Waals surface area contributed by atoms with Crippen molar-refractivity contribution >= 4 is 27.7 Å². The van der Waals surface area contributed by atoms with E-state index >= 15 is 0 Å². The van der Waals surface area contributed by atoms with Gasteiger partial charge in [-0.05, 0) is 30.2 Å². The molecule has 0 fully saturated rings. The number of thioether (sulfide) groups is 1. The maximum absolute atomic E-state index is 9.76. The minimum Gasteiger partial charge on any atom is -0.389 e. The van der Waals surface area contributed by atoms with Gasteiger partial charge >= 0.3 is 0 Å². The number of hydrogen-bond acceptors (Lipinski definition) is 2. The molecule has 0 heterocycles. The number of aliphatic hydroxyl groups excluding tert-OH is 1. The van der Waals surface area contributed by atoms with Crippen molar-refractivity contribution in [3.05, 3.63) is 64.1 Å². The van der Waals surface area contributed by atoms with E-state index < -0.39 is 6.10 Å². The topological polar surface area (TPSA) is 20.2 Å². The summed E-state index contributed by atoms with van der Waals surface area (Å²) in [5.74, 6) is 0.914. The maximum Gasteiger partial charge on any atom is 0.0772 e. The molecule has 0 aliphatic heterocycles. The first kappa shape index (κ1) is 13.7. The number of aliphatic hydroxyl groups is 1. The second-order valence-corrected chi connectivity index (χ2v) is 6.07. The van der Waals surface area contributed by atoms with Gasteiger partial charge in [0.05, 0.1) is 6.10 Å². The molecule has 1 nitrogen and oxygen atoms in total. The van der Waals surface area contributed by atoms with Gasteiger partial charge in [-0.3, -0.25) is 0 Å². The third-order valence-electron chi connectivity index (χ3n) is 2.66. The lowest BCUT2D eigenvalue weighted by molar-refractivity contribution is 0.196. The molecule has 18 heavy (non-hydrogen) atoms. The van der Waals surface area contributed by atoms with Crippen LogP contribution in [0.3, 0.4) is 0 Å². The monoisotopic (exact) mass is 322 g/mol. The number of halogens is 1. The van der Waals surface area contributed by atoms with Gasteiger partial charge in [0.25, 0.3) is 0 Å². The molecule has 0 aliphatic rings. The van der Waals surface area contributed by atoms with Gasteiger partial charge in [-0.15, -0.1) is 11.8 Å². The van der Waals surface area contributed by atoms with Crippen molar-refractivity contribution in [2.45, 2.75) is 23.7 Å². The molecular weight excluding hydrogens is 308 g/mol. The highest BCUT2D eigenvalue weighted by molar-refractivity contribution is 9.10. The lowest BCUT2D eigenvalue weighted by Gasteiger charge is -2.12. The third-order valence-corrected chi connectivity index (χ3v) is 4.30. The van der Waals surface area contributed by atoms with Crippen molar-refractivity contribution in [3.8, 4) is 0 Å². The van der Waals surface area contributed by atoms with Gasteiger partial charge in [0.2, 0.25) is 0 Å². The van der Waals surface area contributed by atoms with Gasteiger partial charge in [-0.25, -0.2) is 0 Å². The van der Waals surface area contributed by atoms with Gasteiger partial charge in [0, 0.05) is 15.1 Å².